The Balaban J connectivity index is 1.98. The molecule has 0 radical (unpaired) electrons. The fourth-order valence-corrected chi connectivity index (χ4v) is 2.88. The third-order valence-electron chi connectivity index (χ3n) is 3.23. The number of nitrogens with zero attached hydrogens (tertiary/aromatic N) is 1. The highest BCUT2D eigenvalue weighted by Crippen LogP contribution is 2.13. The van der Waals surface area contributed by atoms with Gasteiger partial charge in [0.25, 0.3) is 0 Å². The van der Waals surface area contributed by atoms with E-state index in [4.69, 9.17) is 4.74 Å². The Kier molecular flexibility index (Phi) is 6.02. The molecule has 4 heteroatoms. The van der Waals surface area contributed by atoms with Crippen LogP contribution in [-0.2, 0) is 12.8 Å². The SMILES string of the molecule is CCCNC(Cc1ccc(OC)nc1)Cc1ccsc1. The Bertz CT molecular complexity index is 482. The molecule has 0 aliphatic heterocycles. The van der Waals surface area contributed by atoms with Gasteiger partial charge in [-0.1, -0.05) is 13.0 Å². The Morgan fingerprint density at radius 1 is 1.25 bits per heavy atom. The number of thiophene rings is 1. The normalized spacial score (nSPS) is 12.3. The summed E-state index contributed by atoms with van der Waals surface area (Å²) in [6, 6.07) is 6.69. The second-order valence-corrected chi connectivity index (χ2v) is 5.68. The molecular formula is C16H22N2OS. The number of nitrogens with one attached hydrogen (secondary N) is 1. The summed E-state index contributed by atoms with van der Waals surface area (Å²) in [6.45, 7) is 3.25. The van der Waals surface area contributed by atoms with Gasteiger partial charge in [-0.25, -0.2) is 4.98 Å². The molecule has 0 aromatic carbocycles. The first-order valence-corrected chi connectivity index (χ1v) is 7.99. The van der Waals surface area contributed by atoms with Crippen LogP contribution in [0.2, 0.25) is 0 Å². The van der Waals surface area contributed by atoms with Crippen molar-refractivity contribution in [1.82, 2.24) is 10.3 Å². The summed E-state index contributed by atoms with van der Waals surface area (Å²) in [5, 5.41) is 8.00. The van der Waals surface area contributed by atoms with E-state index < -0.39 is 0 Å². The van der Waals surface area contributed by atoms with Crippen LogP contribution in [0.1, 0.15) is 24.5 Å². The van der Waals surface area contributed by atoms with Crippen LogP contribution >= 0.6 is 11.3 Å². The van der Waals surface area contributed by atoms with E-state index >= 15 is 0 Å². The van der Waals surface area contributed by atoms with E-state index in [9.17, 15) is 0 Å². The lowest BCUT2D eigenvalue weighted by Gasteiger charge is -2.18. The number of rotatable bonds is 8. The van der Waals surface area contributed by atoms with E-state index in [2.05, 4.69) is 40.1 Å². The minimum atomic E-state index is 0.458. The second-order valence-electron chi connectivity index (χ2n) is 4.90. The smallest absolute Gasteiger partial charge is 0.212 e. The monoisotopic (exact) mass is 290 g/mol. The number of pyridine rings is 1. The highest BCUT2D eigenvalue weighted by molar-refractivity contribution is 7.07. The van der Waals surface area contributed by atoms with Gasteiger partial charge in [0.2, 0.25) is 5.88 Å². The van der Waals surface area contributed by atoms with Crippen molar-refractivity contribution in [3.8, 4) is 5.88 Å². The number of ether oxygens (including phenoxy) is 1. The van der Waals surface area contributed by atoms with E-state index in [0.717, 1.165) is 25.8 Å². The summed E-state index contributed by atoms with van der Waals surface area (Å²) in [6.07, 6.45) is 5.12. The number of methoxy groups -OCH3 is 1. The van der Waals surface area contributed by atoms with Gasteiger partial charge in [-0.15, -0.1) is 0 Å². The maximum atomic E-state index is 5.10. The van der Waals surface area contributed by atoms with Gasteiger partial charge < -0.3 is 10.1 Å². The van der Waals surface area contributed by atoms with Crippen LogP contribution in [0.5, 0.6) is 5.88 Å². The minimum Gasteiger partial charge on any atom is -0.481 e. The van der Waals surface area contributed by atoms with Gasteiger partial charge in [-0.05, 0) is 53.8 Å². The average molecular weight is 290 g/mol. The zero-order valence-electron chi connectivity index (χ0n) is 12.1. The van der Waals surface area contributed by atoms with Crippen LogP contribution in [0.15, 0.2) is 35.2 Å². The molecule has 0 aliphatic carbocycles. The Hall–Kier alpha value is -1.39. The third-order valence-corrected chi connectivity index (χ3v) is 3.97. The first kappa shape index (κ1) is 15.0. The van der Waals surface area contributed by atoms with Crippen molar-refractivity contribution in [1.29, 1.82) is 0 Å². The molecule has 1 unspecified atom stereocenters. The summed E-state index contributed by atoms with van der Waals surface area (Å²) in [4.78, 5) is 4.28. The molecule has 108 valence electrons. The van der Waals surface area contributed by atoms with Crippen molar-refractivity contribution >= 4 is 11.3 Å². The zero-order valence-corrected chi connectivity index (χ0v) is 13.0. The topological polar surface area (TPSA) is 34.1 Å². The minimum absolute atomic E-state index is 0.458. The fourth-order valence-electron chi connectivity index (χ4n) is 2.20. The molecule has 0 spiro atoms. The van der Waals surface area contributed by atoms with E-state index in [1.165, 1.54) is 11.1 Å². The largest absolute Gasteiger partial charge is 0.481 e. The standard InChI is InChI=1S/C16H22N2OS/c1-3-7-17-15(10-14-6-8-20-12-14)9-13-4-5-16(19-2)18-11-13/h4-6,8,11-12,15,17H,3,7,9-10H2,1-2H3. The molecular weight excluding hydrogens is 268 g/mol. The van der Waals surface area contributed by atoms with Gasteiger partial charge in [-0.2, -0.15) is 11.3 Å². The molecule has 1 atom stereocenters. The van der Waals surface area contributed by atoms with Gasteiger partial charge in [0.15, 0.2) is 0 Å². The van der Waals surface area contributed by atoms with E-state index in [1.54, 1.807) is 18.4 Å². The van der Waals surface area contributed by atoms with Crippen LogP contribution in [-0.4, -0.2) is 24.7 Å². The van der Waals surface area contributed by atoms with Crippen LogP contribution < -0.4 is 10.1 Å². The van der Waals surface area contributed by atoms with Crippen molar-refractivity contribution in [3.05, 3.63) is 46.3 Å². The van der Waals surface area contributed by atoms with Crippen molar-refractivity contribution in [2.75, 3.05) is 13.7 Å². The van der Waals surface area contributed by atoms with Crippen LogP contribution in [0.25, 0.3) is 0 Å². The molecule has 2 aromatic heterocycles. The quantitative estimate of drug-likeness (QED) is 0.810. The predicted molar refractivity (Wildman–Crippen MR) is 84.6 cm³/mol. The third kappa shape index (κ3) is 4.62. The van der Waals surface area contributed by atoms with Crippen LogP contribution in [0, 0.1) is 0 Å². The number of hydrogen-bond donors (Lipinski definition) is 1. The molecule has 0 saturated carbocycles. The molecule has 2 heterocycles. The van der Waals surface area contributed by atoms with Crippen molar-refractivity contribution in [3.63, 3.8) is 0 Å². The summed E-state index contributed by atoms with van der Waals surface area (Å²) in [7, 11) is 1.64. The van der Waals surface area contributed by atoms with Gasteiger partial charge in [0, 0.05) is 18.3 Å². The van der Waals surface area contributed by atoms with E-state index in [-0.39, 0.29) is 0 Å². The summed E-state index contributed by atoms with van der Waals surface area (Å²) >= 11 is 1.76. The second kappa shape index (κ2) is 8.02. The molecule has 0 saturated heterocycles. The maximum absolute atomic E-state index is 5.10. The molecule has 1 N–H and O–H groups in total. The average Bonchev–Trinajstić information content (AvgIpc) is 2.98. The first-order valence-electron chi connectivity index (χ1n) is 7.05. The van der Waals surface area contributed by atoms with Crippen molar-refractivity contribution in [2.45, 2.75) is 32.2 Å². The lowest BCUT2D eigenvalue weighted by Crippen LogP contribution is -2.33. The van der Waals surface area contributed by atoms with E-state index in [0.29, 0.717) is 11.9 Å². The summed E-state index contributed by atoms with van der Waals surface area (Å²) in [5.41, 5.74) is 2.65. The van der Waals surface area contributed by atoms with Gasteiger partial charge >= 0.3 is 0 Å². The van der Waals surface area contributed by atoms with Gasteiger partial charge in [0.1, 0.15) is 0 Å². The lowest BCUT2D eigenvalue weighted by molar-refractivity contribution is 0.397. The molecule has 20 heavy (non-hydrogen) atoms. The first-order chi connectivity index (χ1) is 9.81. The molecule has 0 aliphatic rings. The summed E-state index contributed by atoms with van der Waals surface area (Å²) in [5.74, 6) is 0.671. The van der Waals surface area contributed by atoms with Crippen LogP contribution in [0.3, 0.4) is 0 Å². The van der Waals surface area contributed by atoms with Crippen molar-refractivity contribution < 1.29 is 4.74 Å². The van der Waals surface area contributed by atoms with Crippen LogP contribution in [0.4, 0.5) is 0 Å². The molecule has 2 rings (SSSR count). The van der Waals surface area contributed by atoms with Gasteiger partial charge in [0.05, 0.1) is 7.11 Å². The zero-order chi connectivity index (χ0) is 14.2. The Morgan fingerprint density at radius 2 is 2.10 bits per heavy atom. The highest BCUT2D eigenvalue weighted by atomic mass is 32.1. The Labute approximate surface area is 125 Å². The molecule has 0 amide bonds. The highest BCUT2D eigenvalue weighted by Gasteiger charge is 2.10. The lowest BCUT2D eigenvalue weighted by atomic mass is 10.0. The van der Waals surface area contributed by atoms with Gasteiger partial charge in [-0.3, -0.25) is 0 Å². The number of aromatic nitrogens is 1. The molecule has 0 bridgehead atoms. The molecule has 3 nitrogen and oxygen atoms in total. The van der Waals surface area contributed by atoms with Crippen molar-refractivity contribution in [2.24, 2.45) is 0 Å². The van der Waals surface area contributed by atoms with E-state index in [1.807, 2.05) is 12.3 Å². The Morgan fingerprint density at radius 3 is 2.70 bits per heavy atom. The maximum Gasteiger partial charge on any atom is 0.212 e. The number of hydrogen-bond acceptors (Lipinski definition) is 4. The predicted octanol–water partition coefficient (Wildman–Crippen LogP) is 3.31. The fraction of sp³-hybridized carbons (Fsp3) is 0.438. The molecule has 0 fully saturated rings. The summed E-state index contributed by atoms with van der Waals surface area (Å²) < 4.78 is 5.10. The molecule has 2 aromatic rings.